The van der Waals surface area contributed by atoms with Crippen LogP contribution in [0.15, 0.2) is 79.6 Å². The average molecular weight is 275 g/mol. The highest BCUT2D eigenvalue weighted by Gasteiger charge is 2.04. The third-order valence-corrected chi connectivity index (χ3v) is 3.30. The monoisotopic (exact) mass is 275 g/mol. The lowest BCUT2D eigenvalue weighted by molar-refractivity contribution is 1.04. The number of nitrogens with zero attached hydrogens (tertiary/aromatic N) is 2. The quantitative estimate of drug-likeness (QED) is 0.709. The summed E-state index contributed by atoms with van der Waals surface area (Å²) in [6, 6.07) is 18.8. The Hall–Kier alpha value is -2.81. The highest BCUT2D eigenvalue weighted by Crippen LogP contribution is 2.22. The van der Waals surface area contributed by atoms with E-state index in [0.29, 0.717) is 6.54 Å². The molecule has 0 saturated carbocycles. The molecule has 3 aromatic rings. The van der Waals surface area contributed by atoms with Crippen LogP contribution >= 0.6 is 0 Å². The minimum absolute atomic E-state index is 0.694. The van der Waals surface area contributed by atoms with E-state index >= 15 is 0 Å². The van der Waals surface area contributed by atoms with E-state index in [9.17, 15) is 0 Å². The minimum Gasteiger partial charge on any atom is -0.352 e. The first-order valence-corrected chi connectivity index (χ1v) is 6.92. The van der Waals surface area contributed by atoms with E-state index in [0.717, 1.165) is 11.6 Å². The number of benzene rings is 2. The maximum atomic E-state index is 4.31. The van der Waals surface area contributed by atoms with Crippen molar-refractivity contribution in [3.63, 3.8) is 0 Å². The van der Waals surface area contributed by atoms with Crippen molar-refractivity contribution >= 4 is 5.95 Å². The Morgan fingerprint density at radius 2 is 1.71 bits per heavy atom. The van der Waals surface area contributed by atoms with Gasteiger partial charge in [0.1, 0.15) is 0 Å². The molecule has 0 aliphatic carbocycles. The standard InChI is InChI=1S/C18H17N3/c1-2-12-19-18-20-13-14-21(18)17-10-8-16(9-11-17)15-6-4-3-5-7-15/h2-11,13-14H,1,12H2,(H,19,20). The van der Waals surface area contributed by atoms with Gasteiger partial charge in [-0.15, -0.1) is 6.58 Å². The molecule has 0 aliphatic heterocycles. The van der Waals surface area contributed by atoms with Crippen molar-refractivity contribution in [2.75, 3.05) is 11.9 Å². The summed E-state index contributed by atoms with van der Waals surface area (Å²) in [5.41, 5.74) is 3.51. The highest BCUT2D eigenvalue weighted by molar-refractivity contribution is 5.64. The molecule has 0 fully saturated rings. The predicted octanol–water partition coefficient (Wildman–Crippen LogP) is 4.14. The fourth-order valence-corrected chi connectivity index (χ4v) is 2.25. The summed E-state index contributed by atoms with van der Waals surface area (Å²) in [7, 11) is 0. The van der Waals surface area contributed by atoms with Crippen LogP contribution < -0.4 is 5.32 Å². The average Bonchev–Trinajstić information content (AvgIpc) is 3.02. The second-order valence-electron chi connectivity index (χ2n) is 4.70. The van der Waals surface area contributed by atoms with E-state index in [4.69, 9.17) is 0 Å². The molecule has 0 saturated heterocycles. The van der Waals surface area contributed by atoms with Crippen LogP contribution in [-0.4, -0.2) is 16.1 Å². The Bertz CT molecular complexity index is 712. The molecule has 0 unspecified atom stereocenters. The van der Waals surface area contributed by atoms with Gasteiger partial charge >= 0.3 is 0 Å². The van der Waals surface area contributed by atoms with Crippen LogP contribution in [-0.2, 0) is 0 Å². The van der Waals surface area contributed by atoms with Gasteiger partial charge in [-0.2, -0.15) is 0 Å². The van der Waals surface area contributed by atoms with Gasteiger partial charge in [-0.05, 0) is 23.3 Å². The lowest BCUT2D eigenvalue weighted by atomic mass is 10.1. The van der Waals surface area contributed by atoms with Crippen molar-refractivity contribution < 1.29 is 0 Å². The van der Waals surface area contributed by atoms with Crippen LogP contribution in [0.4, 0.5) is 5.95 Å². The van der Waals surface area contributed by atoms with Crippen LogP contribution in [0.2, 0.25) is 0 Å². The maximum Gasteiger partial charge on any atom is 0.207 e. The number of nitrogens with one attached hydrogen (secondary N) is 1. The van der Waals surface area contributed by atoms with Gasteiger partial charge in [-0.25, -0.2) is 4.98 Å². The van der Waals surface area contributed by atoms with Crippen molar-refractivity contribution in [1.29, 1.82) is 0 Å². The second kappa shape index (κ2) is 6.09. The van der Waals surface area contributed by atoms with Crippen LogP contribution in [0.25, 0.3) is 16.8 Å². The molecule has 3 rings (SSSR count). The summed E-state index contributed by atoms with van der Waals surface area (Å²) in [4.78, 5) is 4.31. The molecule has 1 N–H and O–H groups in total. The van der Waals surface area contributed by atoms with Gasteiger partial charge in [0.05, 0.1) is 0 Å². The fraction of sp³-hybridized carbons (Fsp3) is 0.0556. The molecular formula is C18H17N3. The first kappa shape index (κ1) is 13.2. The Labute approximate surface area is 124 Å². The molecule has 3 heteroatoms. The molecule has 3 nitrogen and oxygen atoms in total. The zero-order valence-electron chi connectivity index (χ0n) is 11.7. The number of anilines is 1. The first-order valence-electron chi connectivity index (χ1n) is 6.92. The molecule has 1 aromatic heterocycles. The van der Waals surface area contributed by atoms with Crippen molar-refractivity contribution in [3.05, 3.63) is 79.6 Å². The lowest BCUT2D eigenvalue weighted by Crippen LogP contribution is -2.05. The van der Waals surface area contributed by atoms with Crippen molar-refractivity contribution in [2.24, 2.45) is 0 Å². The second-order valence-corrected chi connectivity index (χ2v) is 4.70. The van der Waals surface area contributed by atoms with Crippen LogP contribution in [0.5, 0.6) is 0 Å². The number of rotatable bonds is 5. The molecule has 0 atom stereocenters. The zero-order valence-corrected chi connectivity index (χ0v) is 11.7. The van der Waals surface area contributed by atoms with E-state index in [1.54, 1.807) is 6.20 Å². The zero-order chi connectivity index (χ0) is 14.5. The van der Waals surface area contributed by atoms with E-state index in [1.165, 1.54) is 11.1 Å². The topological polar surface area (TPSA) is 29.9 Å². The Kier molecular flexibility index (Phi) is 3.83. The summed E-state index contributed by atoms with van der Waals surface area (Å²) in [5.74, 6) is 0.822. The summed E-state index contributed by atoms with van der Waals surface area (Å²) >= 11 is 0. The largest absolute Gasteiger partial charge is 0.352 e. The maximum absolute atomic E-state index is 4.31. The van der Waals surface area contributed by atoms with Crippen LogP contribution in [0.1, 0.15) is 0 Å². The van der Waals surface area contributed by atoms with Crippen LogP contribution in [0.3, 0.4) is 0 Å². The molecule has 0 bridgehead atoms. The molecule has 0 amide bonds. The summed E-state index contributed by atoms with van der Waals surface area (Å²) in [6.07, 6.45) is 5.55. The molecule has 0 aliphatic rings. The van der Waals surface area contributed by atoms with Gasteiger partial charge in [0.2, 0.25) is 5.95 Å². The third-order valence-electron chi connectivity index (χ3n) is 3.30. The van der Waals surface area contributed by atoms with Crippen molar-refractivity contribution in [2.45, 2.75) is 0 Å². The van der Waals surface area contributed by atoms with Crippen molar-refractivity contribution in [1.82, 2.24) is 9.55 Å². The summed E-state index contributed by atoms with van der Waals surface area (Å²) < 4.78 is 2.03. The highest BCUT2D eigenvalue weighted by atomic mass is 15.2. The van der Waals surface area contributed by atoms with Gasteiger partial charge in [0, 0.05) is 24.6 Å². The number of hydrogen-bond donors (Lipinski definition) is 1. The first-order chi connectivity index (χ1) is 10.4. The van der Waals surface area contributed by atoms with Gasteiger partial charge in [0.15, 0.2) is 0 Å². The fourth-order valence-electron chi connectivity index (χ4n) is 2.25. The van der Waals surface area contributed by atoms with Crippen molar-refractivity contribution in [3.8, 4) is 16.8 Å². The molecular weight excluding hydrogens is 258 g/mol. The van der Waals surface area contributed by atoms with E-state index in [2.05, 4.69) is 65.4 Å². The smallest absolute Gasteiger partial charge is 0.207 e. The summed E-state index contributed by atoms with van der Waals surface area (Å²) in [5, 5.41) is 3.22. The van der Waals surface area contributed by atoms with Gasteiger partial charge in [-0.3, -0.25) is 4.57 Å². The third kappa shape index (κ3) is 2.87. The predicted molar refractivity (Wildman–Crippen MR) is 87.7 cm³/mol. The number of aromatic nitrogens is 2. The van der Waals surface area contributed by atoms with E-state index in [1.807, 2.05) is 22.9 Å². The molecule has 2 aromatic carbocycles. The molecule has 21 heavy (non-hydrogen) atoms. The normalized spacial score (nSPS) is 10.3. The van der Waals surface area contributed by atoms with E-state index in [-0.39, 0.29) is 0 Å². The van der Waals surface area contributed by atoms with E-state index < -0.39 is 0 Å². The van der Waals surface area contributed by atoms with Gasteiger partial charge in [0.25, 0.3) is 0 Å². The summed E-state index contributed by atoms with van der Waals surface area (Å²) in [6.45, 7) is 4.40. The lowest BCUT2D eigenvalue weighted by Gasteiger charge is -2.09. The molecule has 0 spiro atoms. The molecule has 0 radical (unpaired) electrons. The Morgan fingerprint density at radius 1 is 1.00 bits per heavy atom. The molecule has 104 valence electrons. The minimum atomic E-state index is 0.694. The molecule has 1 heterocycles. The number of hydrogen-bond acceptors (Lipinski definition) is 2. The Balaban J connectivity index is 1.88. The Morgan fingerprint density at radius 3 is 2.43 bits per heavy atom. The number of imidazole rings is 1. The van der Waals surface area contributed by atoms with Gasteiger partial charge < -0.3 is 5.32 Å². The SMILES string of the molecule is C=CCNc1nccn1-c1ccc(-c2ccccc2)cc1. The van der Waals surface area contributed by atoms with Gasteiger partial charge in [-0.1, -0.05) is 48.5 Å². The van der Waals surface area contributed by atoms with Crippen LogP contribution in [0, 0.1) is 0 Å².